The summed E-state index contributed by atoms with van der Waals surface area (Å²) in [4.78, 5) is 19.4. The van der Waals surface area contributed by atoms with Crippen molar-refractivity contribution in [2.45, 2.75) is 13.5 Å². The van der Waals surface area contributed by atoms with Gasteiger partial charge in [-0.1, -0.05) is 0 Å². The number of aryl methyl sites for hydroxylation is 1. The third-order valence-corrected chi connectivity index (χ3v) is 1.80. The van der Waals surface area contributed by atoms with Crippen LogP contribution in [0.2, 0.25) is 0 Å². The molecule has 0 aliphatic rings. The second-order valence-electron chi connectivity index (χ2n) is 3.27. The molecule has 1 aromatic heterocycles. The summed E-state index contributed by atoms with van der Waals surface area (Å²) in [6.07, 6.45) is 3.29. The molecule has 0 bridgehead atoms. The van der Waals surface area contributed by atoms with E-state index in [1.165, 1.54) is 0 Å². The SMILES string of the molecule is Cc1cnc(CNC(=O)COCCN)cn1. The zero-order chi connectivity index (χ0) is 11.8. The highest BCUT2D eigenvalue weighted by molar-refractivity contribution is 5.77. The van der Waals surface area contributed by atoms with Crippen molar-refractivity contribution < 1.29 is 9.53 Å². The lowest BCUT2D eigenvalue weighted by atomic mass is 10.4. The number of carbonyl (C=O) groups excluding carboxylic acids is 1. The van der Waals surface area contributed by atoms with Gasteiger partial charge in [-0.15, -0.1) is 0 Å². The molecule has 0 spiro atoms. The van der Waals surface area contributed by atoms with Crippen LogP contribution in [-0.2, 0) is 16.1 Å². The molecule has 0 atom stereocenters. The van der Waals surface area contributed by atoms with Crippen LogP contribution in [0, 0.1) is 6.92 Å². The molecule has 0 unspecified atom stereocenters. The summed E-state index contributed by atoms with van der Waals surface area (Å²) in [5.74, 6) is -0.184. The fraction of sp³-hybridized carbons (Fsp3) is 0.500. The monoisotopic (exact) mass is 224 g/mol. The van der Waals surface area contributed by atoms with Crippen molar-refractivity contribution in [3.8, 4) is 0 Å². The first-order valence-electron chi connectivity index (χ1n) is 5.04. The number of hydrogen-bond donors (Lipinski definition) is 2. The third-order valence-electron chi connectivity index (χ3n) is 1.80. The summed E-state index contributed by atoms with van der Waals surface area (Å²) >= 11 is 0. The standard InChI is InChI=1S/C10H16N4O2/c1-8-4-13-9(5-12-8)6-14-10(15)7-16-3-2-11/h4-5H,2-3,6-7,11H2,1H3,(H,14,15). The average molecular weight is 224 g/mol. The van der Waals surface area contributed by atoms with Crippen LogP contribution in [0.1, 0.15) is 11.4 Å². The topological polar surface area (TPSA) is 90.1 Å². The number of aromatic nitrogens is 2. The van der Waals surface area contributed by atoms with Crippen LogP contribution in [0.15, 0.2) is 12.4 Å². The van der Waals surface area contributed by atoms with Crippen LogP contribution in [0.5, 0.6) is 0 Å². The van der Waals surface area contributed by atoms with E-state index in [2.05, 4.69) is 15.3 Å². The molecular formula is C10H16N4O2. The lowest BCUT2D eigenvalue weighted by Crippen LogP contribution is -2.28. The van der Waals surface area contributed by atoms with E-state index in [4.69, 9.17) is 10.5 Å². The number of nitrogens with two attached hydrogens (primary N) is 1. The van der Waals surface area contributed by atoms with Gasteiger partial charge in [0.05, 0.1) is 30.7 Å². The number of rotatable bonds is 6. The zero-order valence-corrected chi connectivity index (χ0v) is 9.27. The predicted molar refractivity (Wildman–Crippen MR) is 58.5 cm³/mol. The summed E-state index contributed by atoms with van der Waals surface area (Å²) < 4.78 is 4.98. The highest BCUT2D eigenvalue weighted by Crippen LogP contribution is 1.93. The fourth-order valence-corrected chi connectivity index (χ4v) is 0.999. The van der Waals surface area contributed by atoms with Crippen molar-refractivity contribution in [2.75, 3.05) is 19.8 Å². The van der Waals surface area contributed by atoms with Gasteiger partial charge < -0.3 is 15.8 Å². The van der Waals surface area contributed by atoms with Gasteiger partial charge in [0.2, 0.25) is 5.91 Å². The lowest BCUT2D eigenvalue weighted by Gasteiger charge is -2.05. The van der Waals surface area contributed by atoms with Gasteiger partial charge in [0.1, 0.15) is 6.61 Å². The first-order valence-corrected chi connectivity index (χ1v) is 5.04. The molecule has 0 aliphatic heterocycles. The van der Waals surface area contributed by atoms with Gasteiger partial charge in [0.15, 0.2) is 0 Å². The summed E-state index contributed by atoms with van der Waals surface area (Å²) in [7, 11) is 0. The van der Waals surface area contributed by atoms with Crippen LogP contribution in [0.3, 0.4) is 0 Å². The molecule has 1 amide bonds. The Morgan fingerprint density at radius 3 is 2.94 bits per heavy atom. The highest BCUT2D eigenvalue weighted by Gasteiger charge is 2.01. The fourth-order valence-electron chi connectivity index (χ4n) is 0.999. The molecular weight excluding hydrogens is 208 g/mol. The lowest BCUT2D eigenvalue weighted by molar-refractivity contribution is -0.125. The van der Waals surface area contributed by atoms with Crippen molar-refractivity contribution in [2.24, 2.45) is 5.73 Å². The van der Waals surface area contributed by atoms with Crippen LogP contribution in [-0.4, -0.2) is 35.6 Å². The zero-order valence-electron chi connectivity index (χ0n) is 9.27. The number of nitrogens with zero attached hydrogens (tertiary/aromatic N) is 2. The Morgan fingerprint density at radius 1 is 1.50 bits per heavy atom. The average Bonchev–Trinajstić information content (AvgIpc) is 2.29. The Bertz CT molecular complexity index is 326. The van der Waals surface area contributed by atoms with Gasteiger partial charge in [-0.3, -0.25) is 14.8 Å². The van der Waals surface area contributed by atoms with Gasteiger partial charge >= 0.3 is 0 Å². The minimum Gasteiger partial charge on any atom is -0.370 e. The highest BCUT2D eigenvalue weighted by atomic mass is 16.5. The van der Waals surface area contributed by atoms with Gasteiger partial charge in [-0.2, -0.15) is 0 Å². The number of carbonyl (C=O) groups is 1. The molecule has 0 saturated carbocycles. The van der Waals surface area contributed by atoms with E-state index in [-0.39, 0.29) is 12.5 Å². The Balaban J connectivity index is 2.23. The Kier molecular flexibility index (Phi) is 5.38. The van der Waals surface area contributed by atoms with Crippen LogP contribution < -0.4 is 11.1 Å². The maximum atomic E-state index is 11.2. The minimum absolute atomic E-state index is 0.0243. The van der Waals surface area contributed by atoms with Crippen molar-refractivity contribution in [3.05, 3.63) is 23.8 Å². The molecule has 6 nitrogen and oxygen atoms in total. The van der Waals surface area contributed by atoms with E-state index in [0.29, 0.717) is 19.7 Å². The van der Waals surface area contributed by atoms with Crippen molar-refractivity contribution in [1.82, 2.24) is 15.3 Å². The largest absolute Gasteiger partial charge is 0.370 e. The summed E-state index contributed by atoms with van der Waals surface area (Å²) in [5, 5.41) is 2.67. The van der Waals surface area contributed by atoms with E-state index in [1.54, 1.807) is 12.4 Å². The Morgan fingerprint density at radius 2 is 2.31 bits per heavy atom. The Hall–Kier alpha value is -1.53. The molecule has 0 saturated heterocycles. The van der Waals surface area contributed by atoms with Crippen molar-refractivity contribution >= 4 is 5.91 Å². The summed E-state index contributed by atoms with van der Waals surface area (Å²) in [6, 6.07) is 0. The van der Waals surface area contributed by atoms with Gasteiger partial charge in [0.25, 0.3) is 0 Å². The van der Waals surface area contributed by atoms with E-state index < -0.39 is 0 Å². The third kappa shape index (κ3) is 4.81. The van der Waals surface area contributed by atoms with Crippen LogP contribution >= 0.6 is 0 Å². The van der Waals surface area contributed by atoms with E-state index >= 15 is 0 Å². The second-order valence-corrected chi connectivity index (χ2v) is 3.27. The molecule has 0 radical (unpaired) electrons. The Labute approximate surface area is 94.2 Å². The number of amides is 1. The smallest absolute Gasteiger partial charge is 0.246 e. The summed E-state index contributed by atoms with van der Waals surface area (Å²) in [5.41, 5.74) is 6.79. The van der Waals surface area contributed by atoms with E-state index in [0.717, 1.165) is 11.4 Å². The van der Waals surface area contributed by atoms with Crippen LogP contribution in [0.25, 0.3) is 0 Å². The number of nitrogens with one attached hydrogen (secondary N) is 1. The van der Waals surface area contributed by atoms with Crippen molar-refractivity contribution in [3.63, 3.8) is 0 Å². The van der Waals surface area contributed by atoms with Gasteiger partial charge in [0, 0.05) is 12.7 Å². The number of ether oxygens (including phenoxy) is 1. The maximum Gasteiger partial charge on any atom is 0.246 e. The second kappa shape index (κ2) is 6.86. The molecule has 6 heteroatoms. The molecule has 1 heterocycles. The molecule has 88 valence electrons. The molecule has 3 N–H and O–H groups in total. The summed E-state index contributed by atoms with van der Waals surface area (Å²) in [6.45, 7) is 3.04. The molecule has 16 heavy (non-hydrogen) atoms. The first kappa shape index (κ1) is 12.5. The number of hydrogen-bond acceptors (Lipinski definition) is 5. The van der Waals surface area contributed by atoms with Gasteiger partial charge in [-0.05, 0) is 6.92 Å². The van der Waals surface area contributed by atoms with Crippen LogP contribution in [0.4, 0.5) is 0 Å². The quantitative estimate of drug-likeness (QED) is 0.628. The van der Waals surface area contributed by atoms with E-state index in [9.17, 15) is 4.79 Å². The van der Waals surface area contributed by atoms with Gasteiger partial charge in [-0.25, -0.2) is 0 Å². The molecule has 1 rings (SSSR count). The molecule has 1 aromatic rings. The molecule has 0 aromatic carbocycles. The first-order chi connectivity index (χ1) is 7.72. The van der Waals surface area contributed by atoms with E-state index in [1.807, 2.05) is 6.92 Å². The maximum absolute atomic E-state index is 11.2. The molecule has 0 aliphatic carbocycles. The van der Waals surface area contributed by atoms with Crippen molar-refractivity contribution in [1.29, 1.82) is 0 Å². The minimum atomic E-state index is -0.184. The predicted octanol–water partition coefficient (Wildman–Crippen LogP) is -0.623. The normalized spacial score (nSPS) is 10.1. The molecule has 0 fully saturated rings.